The van der Waals surface area contributed by atoms with Gasteiger partial charge in [0, 0.05) is 24.2 Å². The molecule has 0 aliphatic heterocycles. The number of unbranched alkanes of at least 4 members (excludes halogenated alkanes) is 4. The van der Waals surface area contributed by atoms with Crippen molar-refractivity contribution in [2.45, 2.75) is 126 Å². The summed E-state index contributed by atoms with van der Waals surface area (Å²) in [6.07, 6.45) is -5.98. The molecule has 2 saturated carbocycles. The zero-order chi connectivity index (χ0) is 36.8. The molecule has 3 aliphatic carbocycles. The van der Waals surface area contributed by atoms with Crippen molar-refractivity contribution >= 4 is 5.78 Å². The molecule has 4 rings (SSSR count). The average Bonchev–Trinajstić information content (AvgIpc) is 3.28. The van der Waals surface area contributed by atoms with Crippen molar-refractivity contribution < 1.29 is 62.6 Å². The van der Waals surface area contributed by atoms with E-state index in [1.165, 1.54) is 0 Å². The molecule has 15 heteroatoms. The average molecular weight is 726 g/mol. The van der Waals surface area contributed by atoms with Gasteiger partial charge in [-0.05, 0) is 106 Å². The van der Waals surface area contributed by atoms with Gasteiger partial charge in [0.1, 0.15) is 17.7 Å². The third-order valence-electron chi connectivity index (χ3n) is 11.3. The summed E-state index contributed by atoms with van der Waals surface area (Å²) < 4.78 is 161. The SMILES string of the molecule is CN(CCCCC[C@@H]1Cc2cc(O)ccc2[C@@H]2[C@@H]1[C@@H]1CCC(=O)[C@@]1(C)C[C@@H]2F)CCCCCC(F)(F)C(F)(F)C(F)(F)C(F)(F)C(F)(F)F. The normalized spacial score (nSPS) is 28.1. The molecule has 1 N–H and O–H groups in total. The Morgan fingerprint density at radius 2 is 1.47 bits per heavy atom. The summed E-state index contributed by atoms with van der Waals surface area (Å²) in [6, 6.07) is 5.08. The maximum absolute atomic E-state index is 15.9. The lowest BCUT2D eigenvalue weighted by molar-refractivity contribution is -0.422. The first-order chi connectivity index (χ1) is 22.5. The second kappa shape index (κ2) is 14.1. The summed E-state index contributed by atoms with van der Waals surface area (Å²) in [4.78, 5) is 14.7. The van der Waals surface area contributed by atoms with Gasteiger partial charge < -0.3 is 10.0 Å². The number of carbonyl (C=O) groups excluding carboxylic acids is 1. The summed E-state index contributed by atoms with van der Waals surface area (Å²) in [5.41, 5.74) is 1.16. The van der Waals surface area contributed by atoms with E-state index in [1.807, 2.05) is 11.8 Å². The molecule has 0 heterocycles. The molecular formula is C34H43F12NO2. The monoisotopic (exact) mass is 725 g/mol. The molecule has 0 saturated heterocycles. The Labute approximate surface area is 277 Å². The van der Waals surface area contributed by atoms with E-state index in [1.54, 1.807) is 25.2 Å². The van der Waals surface area contributed by atoms with E-state index in [0.29, 0.717) is 25.9 Å². The molecule has 1 aromatic carbocycles. The van der Waals surface area contributed by atoms with Gasteiger partial charge in [0.05, 0.1) is 0 Å². The summed E-state index contributed by atoms with van der Waals surface area (Å²) in [5.74, 6) is -27.4. The standard InChI is InChI=1S/C34H43F12NO2/c1-29-19-25(35)28-23-11-10-22(48)18-21(23)17-20(27(28)24(29)12-13-26(29)49)9-5-3-7-15-47(2)16-8-4-6-14-30(36,37)31(38,39)32(40,41)33(42,43)34(44,45)46/h10-11,18,20,24-25,27-28,48H,3-9,12-17,19H2,1-2H3/t20-,24+,25+,27+,28+,29+/m1/s1. The van der Waals surface area contributed by atoms with E-state index in [-0.39, 0.29) is 54.5 Å². The zero-order valence-electron chi connectivity index (χ0n) is 27.4. The third-order valence-corrected chi connectivity index (χ3v) is 11.3. The number of phenolic OH excluding ortho intramolecular Hbond substituents is 1. The maximum Gasteiger partial charge on any atom is 0.460 e. The van der Waals surface area contributed by atoms with Crippen LogP contribution in [0.15, 0.2) is 18.2 Å². The van der Waals surface area contributed by atoms with Gasteiger partial charge in [0.2, 0.25) is 0 Å². The highest BCUT2D eigenvalue weighted by Crippen LogP contribution is 2.62. The topological polar surface area (TPSA) is 40.5 Å². The molecule has 280 valence electrons. The molecule has 0 aromatic heterocycles. The molecule has 3 aliphatic rings. The van der Waals surface area contributed by atoms with E-state index in [9.17, 15) is 58.2 Å². The van der Waals surface area contributed by atoms with Gasteiger partial charge >= 0.3 is 29.9 Å². The lowest BCUT2D eigenvalue weighted by Gasteiger charge is -2.53. The van der Waals surface area contributed by atoms with Gasteiger partial charge in [0.15, 0.2) is 0 Å². The molecule has 3 nitrogen and oxygen atoms in total. The Bertz CT molecular complexity index is 1320. The Balaban J connectivity index is 1.22. The minimum Gasteiger partial charge on any atom is -0.508 e. The van der Waals surface area contributed by atoms with Crippen molar-refractivity contribution in [3.8, 4) is 5.75 Å². The number of Topliss-reactive ketones (excluding diaryl/α,β-unsaturated/α-hetero) is 1. The molecule has 0 bridgehead atoms. The molecule has 2 fully saturated rings. The van der Waals surface area contributed by atoms with Crippen LogP contribution in [0.5, 0.6) is 5.75 Å². The largest absolute Gasteiger partial charge is 0.508 e. The van der Waals surface area contributed by atoms with Crippen molar-refractivity contribution in [3.05, 3.63) is 29.3 Å². The first kappa shape index (κ1) is 39.6. The first-order valence-electron chi connectivity index (χ1n) is 16.8. The summed E-state index contributed by atoms with van der Waals surface area (Å²) >= 11 is 0. The molecule has 0 amide bonds. The first-order valence-corrected chi connectivity index (χ1v) is 16.8. The number of halogens is 12. The van der Waals surface area contributed by atoms with Crippen LogP contribution >= 0.6 is 0 Å². The lowest BCUT2D eigenvalue weighted by atomic mass is 9.51. The van der Waals surface area contributed by atoms with Gasteiger partial charge in [-0.2, -0.15) is 48.3 Å². The van der Waals surface area contributed by atoms with E-state index >= 15 is 4.39 Å². The lowest BCUT2D eigenvalue weighted by Crippen LogP contribution is -2.66. The van der Waals surface area contributed by atoms with Crippen molar-refractivity contribution in [1.82, 2.24) is 4.90 Å². The summed E-state index contributed by atoms with van der Waals surface area (Å²) in [5, 5.41) is 10.1. The molecule has 0 radical (unpaired) electrons. The number of phenols is 1. The predicted molar refractivity (Wildman–Crippen MR) is 157 cm³/mol. The highest BCUT2D eigenvalue weighted by Gasteiger charge is 2.86. The van der Waals surface area contributed by atoms with Gasteiger partial charge in [-0.3, -0.25) is 4.79 Å². The molecule has 0 spiro atoms. The van der Waals surface area contributed by atoms with Crippen molar-refractivity contribution in [2.24, 2.45) is 23.2 Å². The number of carbonyl (C=O) groups is 1. The Kier molecular flexibility index (Phi) is 11.4. The predicted octanol–water partition coefficient (Wildman–Crippen LogP) is 10.1. The van der Waals surface area contributed by atoms with Gasteiger partial charge in [0.25, 0.3) is 0 Å². The number of alkyl halides is 12. The minimum absolute atomic E-state index is 0.000370. The Hall–Kier alpha value is -2.19. The Morgan fingerprint density at radius 3 is 2.08 bits per heavy atom. The second-order valence-corrected chi connectivity index (χ2v) is 14.5. The number of benzene rings is 1. The molecule has 1 aromatic rings. The van der Waals surface area contributed by atoms with Crippen LogP contribution in [-0.2, 0) is 11.2 Å². The maximum atomic E-state index is 15.9. The van der Waals surface area contributed by atoms with Gasteiger partial charge in [-0.15, -0.1) is 0 Å². The smallest absolute Gasteiger partial charge is 0.460 e. The van der Waals surface area contributed by atoms with Crippen LogP contribution in [0, 0.1) is 23.2 Å². The van der Waals surface area contributed by atoms with Crippen LogP contribution in [0.4, 0.5) is 52.7 Å². The van der Waals surface area contributed by atoms with Crippen molar-refractivity contribution in [1.29, 1.82) is 0 Å². The Morgan fingerprint density at radius 1 is 0.857 bits per heavy atom. The van der Waals surface area contributed by atoms with Crippen LogP contribution in [0.1, 0.15) is 94.6 Å². The van der Waals surface area contributed by atoms with Crippen LogP contribution in [0.2, 0.25) is 0 Å². The van der Waals surface area contributed by atoms with Crippen molar-refractivity contribution in [2.75, 3.05) is 20.1 Å². The molecular weight excluding hydrogens is 682 g/mol. The van der Waals surface area contributed by atoms with Crippen LogP contribution in [-0.4, -0.2) is 72.0 Å². The fourth-order valence-electron chi connectivity index (χ4n) is 8.58. The highest BCUT2D eigenvalue weighted by molar-refractivity contribution is 5.87. The summed E-state index contributed by atoms with van der Waals surface area (Å²) in [7, 11) is 1.72. The van der Waals surface area contributed by atoms with Crippen molar-refractivity contribution in [3.63, 3.8) is 0 Å². The van der Waals surface area contributed by atoms with Gasteiger partial charge in [-0.1, -0.05) is 32.3 Å². The second-order valence-electron chi connectivity index (χ2n) is 14.5. The van der Waals surface area contributed by atoms with E-state index in [4.69, 9.17) is 0 Å². The molecule has 6 atom stereocenters. The van der Waals surface area contributed by atoms with E-state index in [2.05, 4.69) is 0 Å². The highest BCUT2D eigenvalue weighted by atomic mass is 19.4. The summed E-state index contributed by atoms with van der Waals surface area (Å²) in [6.45, 7) is 2.78. The quantitative estimate of drug-likeness (QED) is 0.145. The number of fused-ring (bicyclic) bond motifs is 5. The number of ketones is 1. The number of nitrogens with zero attached hydrogens (tertiary/aromatic N) is 1. The number of aromatic hydroxyl groups is 1. The number of rotatable bonds is 15. The molecule has 49 heavy (non-hydrogen) atoms. The van der Waals surface area contributed by atoms with Crippen LogP contribution in [0.25, 0.3) is 0 Å². The number of hydrogen-bond acceptors (Lipinski definition) is 3. The van der Waals surface area contributed by atoms with Crippen LogP contribution in [0.3, 0.4) is 0 Å². The molecule has 0 unspecified atom stereocenters. The fraction of sp³-hybridized carbons (Fsp3) is 0.794. The fourth-order valence-corrected chi connectivity index (χ4v) is 8.58. The third kappa shape index (κ3) is 7.29. The number of hydrogen-bond donors (Lipinski definition) is 1. The van der Waals surface area contributed by atoms with E-state index in [0.717, 1.165) is 43.2 Å². The zero-order valence-corrected chi connectivity index (χ0v) is 27.4. The van der Waals surface area contributed by atoms with Crippen LogP contribution < -0.4 is 0 Å². The minimum atomic E-state index is -7.37. The van der Waals surface area contributed by atoms with E-state index < -0.39 is 54.3 Å². The van der Waals surface area contributed by atoms with Gasteiger partial charge in [-0.25, -0.2) is 4.39 Å².